The van der Waals surface area contributed by atoms with Crippen LogP contribution in [-0.2, 0) is 6.61 Å². The number of unbranched alkanes of at least 4 members (excludes halogenated alkanes) is 1. The van der Waals surface area contributed by atoms with Crippen LogP contribution < -0.4 is 15.2 Å². The number of hydrogen-bond donors (Lipinski definition) is 1. The van der Waals surface area contributed by atoms with Crippen LogP contribution >= 0.6 is 0 Å². The quantitative estimate of drug-likeness (QED) is 0.638. The summed E-state index contributed by atoms with van der Waals surface area (Å²) in [5.74, 6) is 2.29. The molecule has 0 amide bonds. The average molecular weight is 327 g/mol. The number of ether oxygens (including phenoxy) is 2. The fraction of sp³-hybridized carbons (Fsp3) is 0.429. The molecule has 3 heteroatoms. The highest BCUT2D eigenvalue weighted by atomic mass is 16.5. The van der Waals surface area contributed by atoms with Gasteiger partial charge < -0.3 is 15.2 Å². The molecule has 0 spiro atoms. The van der Waals surface area contributed by atoms with Gasteiger partial charge in [-0.25, -0.2) is 0 Å². The number of hydrogen-bond acceptors (Lipinski definition) is 3. The van der Waals surface area contributed by atoms with Gasteiger partial charge in [0.25, 0.3) is 0 Å². The third kappa shape index (κ3) is 6.63. The molecule has 24 heavy (non-hydrogen) atoms. The van der Waals surface area contributed by atoms with Crippen molar-refractivity contribution < 1.29 is 9.47 Å². The highest BCUT2D eigenvalue weighted by Gasteiger charge is 2.06. The van der Waals surface area contributed by atoms with Gasteiger partial charge in [0.05, 0.1) is 6.61 Å². The summed E-state index contributed by atoms with van der Waals surface area (Å²) in [4.78, 5) is 0. The zero-order valence-corrected chi connectivity index (χ0v) is 14.8. The van der Waals surface area contributed by atoms with Crippen LogP contribution in [0.5, 0.6) is 11.5 Å². The van der Waals surface area contributed by atoms with Crippen molar-refractivity contribution in [1.82, 2.24) is 0 Å². The van der Waals surface area contributed by atoms with E-state index in [4.69, 9.17) is 15.2 Å². The molecule has 0 aromatic heterocycles. The van der Waals surface area contributed by atoms with Crippen LogP contribution in [0.3, 0.4) is 0 Å². The van der Waals surface area contributed by atoms with Gasteiger partial charge >= 0.3 is 0 Å². The van der Waals surface area contributed by atoms with E-state index in [2.05, 4.69) is 26.0 Å². The molecule has 0 fully saturated rings. The molecule has 2 aromatic carbocycles. The van der Waals surface area contributed by atoms with Gasteiger partial charge in [0.15, 0.2) is 0 Å². The first-order chi connectivity index (χ1) is 11.6. The number of nitrogens with two attached hydrogens (primary N) is 1. The Balaban J connectivity index is 1.65. The predicted octanol–water partition coefficient (Wildman–Crippen LogP) is 4.80. The summed E-state index contributed by atoms with van der Waals surface area (Å²) in [7, 11) is 0. The van der Waals surface area contributed by atoms with Gasteiger partial charge in [-0.15, -0.1) is 0 Å². The summed E-state index contributed by atoms with van der Waals surface area (Å²) in [6.45, 7) is 5.65. The molecule has 2 aromatic rings. The maximum Gasteiger partial charge on any atom is 0.120 e. The van der Waals surface area contributed by atoms with Crippen LogP contribution in [-0.4, -0.2) is 12.6 Å². The largest absolute Gasteiger partial charge is 0.494 e. The van der Waals surface area contributed by atoms with E-state index in [0.717, 1.165) is 42.9 Å². The first-order valence-corrected chi connectivity index (χ1v) is 8.80. The summed E-state index contributed by atoms with van der Waals surface area (Å²) in [5, 5.41) is 0. The van der Waals surface area contributed by atoms with Crippen LogP contribution in [0.4, 0.5) is 0 Å². The van der Waals surface area contributed by atoms with E-state index < -0.39 is 0 Å². The van der Waals surface area contributed by atoms with Gasteiger partial charge in [0, 0.05) is 6.04 Å². The lowest BCUT2D eigenvalue weighted by Crippen LogP contribution is -2.26. The summed E-state index contributed by atoms with van der Waals surface area (Å²) in [6.07, 6.45) is 3.21. The molecule has 0 saturated carbocycles. The van der Waals surface area contributed by atoms with Gasteiger partial charge in [0.2, 0.25) is 0 Å². The van der Waals surface area contributed by atoms with Crippen molar-refractivity contribution in [2.75, 3.05) is 6.61 Å². The van der Waals surface area contributed by atoms with Crippen molar-refractivity contribution >= 4 is 0 Å². The molecule has 0 heterocycles. The molecule has 1 atom stereocenters. The van der Waals surface area contributed by atoms with Crippen molar-refractivity contribution in [3.05, 3.63) is 60.2 Å². The summed E-state index contributed by atoms with van der Waals surface area (Å²) < 4.78 is 11.5. The second kappa shape index (κ2) is 9.99. The van der Waals surface area contributed by atoms with E-state index in [1.807, 2.05) is 42.5 Å². The molecule has 0 radical (unpaired) electrons. The van der Waals surface area contributed by atoms with Crippen molar-refractivity contribution in [2.24, 2.45) is 11.7 Å². The Morgan fingerprint density at radius 3 is 2.08 bits per heavy atom. The monoisotopic (exact) mass is 327 g/mol. The van der Waals surface area contributed by atoms with Crippen molar-refractivity contribution in [3.8, 4) is 11.5 Å². The van der Waals surface area contributed by atoms with E-state index in [9.17, 15) is 0 Å². The first-order valence-electron chi connectivity index (χ1n) is 8.80. The van der Waals surface area contributed by atoms with E-state index in [1.165, 1.54) is 0 Å². The van der Waals surface area contributed by atoms with Crippen molar-refractivity contribution in [2.45, 2.75) is 45.8 Å². The van der Waals surface area contributed by atoms with Gasteiger partial charge in [-0.2, -0.15) is 0 Å². The van der Waals surface area contributed by atoms with Crippen molar-refractivity contribution in [3.63, 3.8) is 0 Å². The Labute approximate surface area is 145 Å². The fourth-order valence-electron chi connectivity index (χ4n) is 2.38. The molecule has 2 rings (SSSR count). The lowest BCUT2D eigenvalue weighted by atomic mass is 10.00. The Morgan fingerprint density at radius 2 is 1.46 bits per heavy atom. The third-order valence-electron chi connectivity index (χ3n) is 4.13. The molecule has 1 unspecified atom stereocenters. The molecule has 0 aliphatic carbocycles. The van der Waals surface area contributed by atoms with Gasteiger partial charge in [-0.3, -0.25) is 0 Å². The Morgan fingerprint density at radius 1 is 0.833 bits per heavy atom. The zero-order chi connectivity index (χ0) is 17.2. The lowest BCUT2D eigenvalue weighted by Gasteiger charge is -2.15. The fourth-order valence-corrected chi connectivity index (χ4v) is 2.38. The smallest absolute Gasteiger partial charge is 0.120 e. The molecule has 0 saturated heterocycles. The summed E-state index contributed by atoms with van der Waals surface area (Å²) >= 11 is 0. The predicted molar refractivity (Wildman–Crippen MR) is 99.4 cm³/mol. The molecule has 0 aliphatic rings. The van der Waals surface area contributed by atoms with Crippen LogP contribution in [0.2, 0.25) is 0 Å². The second-order valence-corrected chi connectivity index (χ2v) is 6.50. The van der Waals surface area contributed by atoms with Gasteiger partial charge in [-0.05, 0) is 55.0 Å². The van der Waals surface area contributed by atoms with E-state index in [1.54, 1.807) is 0 Å². The van der Waals surface area contributed by atoms with Crippen LogP contribution in [0.15, 0.2) is 54.6 Å². The zero-order valence-electron chi connectivity index (χ0n) is 14.8. The highest BCUT2D eigenvalue weighted by Crippen LogP contribution is 2.19. The lowest BCUT2D eigenvalue weighted by molar-refractivity contribution is 0.294. The topological polar surface area (TPSA) is 44.5 Å². The Bertz CT molecular complexity index is 566. The van der Waals surface area contributed by atoms with E-state index in [-0.39, 0.29) is 0 Å². The second-order valence-electron chi connectivity index (χ2n) is 6.50. The minimum atomic E-state index is 0.297. The summed E-state index contributed by atoms with van der Waals surface area (Å²) in [5.41, 5.74) is 7.21. The first kappa shape index (κ1) is 18.3. The normalized spacial score (nSPS) is 12.2. The summed E-state index contributed by atoms with van der Waals surface area (Å²) in [6, 6.07) is 18.3. The number of rotatable bonds is 10. The number of benzene rings is 2. The molecular weight excluding hydrogens is 298 g/mol. The van der Waals surface area contributed by atoms with E-state index in [0.29, 0.717) is 18.6 Å². The minimum Gasteiger partial charge on any atom is -0.494 e. The van der Waals surface area contributed by atoms with Crippen LogP contribution in [0.1, 0.15) is 38.7 Å². The van der Waals surface area contributed by atoms with E-state index >= 15 is 0 Å². The SMILES string of the molecule is CC(C)C(N)CCCCOc1ccc(OCc2ccccc2)cc1. The molecular formula is C21H29NO2. The molecule has 0 aliphatic heterocycles. The molecule has 130 valence electrons. The standard InChI is InChI=1S/C21H29NO2/c1-17(2)21(22)10-6-7-15-23-19-11-13-20(14-12-19)24-16-18-8-4-3-5-9-18/h3-5,8-9,11-14,17,21H,6-7,10,15-16,22H2,1-2H3. The van der Waals surface area contributed by atoms with Gasteiger partial charge in [0.1, 0.15) is 18.1 Å². The highest BCUT2D eigenvalue weighted by molar-refractivity contribution is 5.31. The molecule has 0 bridgehead atoms. The third-order valence-corrected chi connectivity index (χ3v) is 4.13. The van der Waals surface area contributed by atoms with Gasteiger partial charge in [-0.1, -0.05) is 44.2 Å². The Kier molecular flexibility index (Phi) is 7.63. The van der Waals surface area contributed by atoms with Crippen LogP contribution in [0.25, 0.3) is 0 Å². The molecule has 3 nitrogen and oxygen atoms in total. The van der Waals surface area contributed by atoms with Crippen LogP contribution in [0, 0.1) is 5.92 Å². The Hall–Kier alpha value is -2.00. The maximum absolute atomic E-state index is 6.04. The maximum atomic E-state index is 6.04. The average Bonchev–Trinajstić information content (AvgIpc) is 2.61. The molecule has 2 N–H and O–H groups in total. The minimum absolute atomic E-state index is 0.297. The van der Waals surface area contributed by atoms with Crippen molar-refractivity contribution in [1.29, 1.82) is 0 Å².